The molecule has 2 atom stereocenters. The molecule has 0 radical (unpaired) electrons. The number of nitrogens with one attached hydrogen (secondary N) is 2. The van der Waals surface area contributed by atoms with Crippen LogP contribution in [0.2, 0.25) is 0 Å². The van der Waals surface area contributed by atoms with Crippen molar-refractivity contribution in [2.75, 3.05) is 26.7 Å². The molecule has 1 heterocycles. The highest BCUT2D eigenvalue weighted by molar-refractivity contribution is 5.85. The first-order valence-corrected chi connectivity index (χ1v) is 8.40. The van der Waals surface area contributed by atoms with Crippen molar-refractivity contribution in [3.05, 3.63) is 29.6 Å². The van der Waals surface area contributed by atoms with Gasteiger partial charge in [0.15, 0.2) is 11.6 Å². The van der Waals surface area contributed by atoms with E-state index in [0.717, 1.165) is 18.7 Å². The molecule has 1 fully saturated rings. The van der Waals surface area contributed by atoms with E-state index >= 15 is 0 Å². The fourth-order valence-corrected chi connectivity index (χ4v) is 3.11. The number of rotatable bonds is 7. The van der Waals surface area contributed by atoms with Crippen molar-refractivity contribution in [1.29, 1.82) is 0 Å². The predicted octanol–water partition coefficient (Wildman–Crippen LogP) is 2.94. The zero-order valence-electron chi connectivity index (χ0n) is 14.4. The van der Waals surface area contributed by atoms with Crippen LogP contribution in [0.1, 0.15) is 31.7 Å². The lowest BCUT2D eigenvalue weighted by Gasteiger charge is -2.28. The first-order valence-electron chi connectivity index (χ1n) is 8.40. The van der Waals surface area contributed by atoms with E-state index in [2.05, 4.69) is 17.6 Å². The number of halogens is 2. The van der Waals surface area contributed by atoms with E-state index in [9.17, 15) is 9.18 Å². The summed E-state index contributed by atoms with van der Waals surface area (Å²) in [6.07, 6.45) is 3.57. The maximum Gasteiger partial charge on any atom is 0.220 e. The second kappa shape index (κ2) is 10.5. The van der Waals surface area contributed by atoms with Gasteiger partial charge >= 0.3 is 0 Å². The van der Waals surface area contributed by atoms with Gasteiger partial charge in [0.2, 0.25) is 5.91 Å². The average Bonchev–Trinajstić information content (AvgIpc) is 2.56. The lowest BCUT2D eigenvalue weighted by Crippen LogP contribution is -2.36. The van der Waals surface area contributed by atoms with E-state index in [1.807, 2.05) is 6.07 Å². The number of carbonyl (C=O) groups is 1. The van der Waals surface area contributed by atoms with E-state index in [-0.39, 0.29) is 29.9 Å². The van der Waals surface area contributed by atoms with Gasteiger partial charge in [-0.15, -0.1) is 12.4 Å². The molecule has 0 aliphatic carbocycles. The van der Waals surface area contributed by atoms with Crippen molar-refractivity contribution in [3.63, 3.8) is 0 Å². The van der Waals surface area contributed by atoms with Gasteiger partial charge in [-0.25, -0.2) is 4.39 Å². The molecule has 2 N–H and O–H groups in total. The number of ether oxygens (including phenoxy) is 1. The van der Waals surface area contributed by atoms with Gasteiger partial charge in [0, 0.05) is 13.0 Å². The summed E-state index contributed by atoms with van der Waals surface area (Å²) in [5, 5.41) is 6.33. The van der Waals surface area contributed by atoms with Crippen LogP contribution >= 0.6 is 12.4 Å². The second-order valence-corrected chi connectivity index (χ2v) is 6.36. The lowest BCUT2D eigenvalue weighted by atomic mass is 9.85. The van der Waals surface area contributed by atoms with E-state index in [1.165, 1.54) is 26.0 Å². The molecular weight excluding hydrogens is 331 g/mol. The first kappa shape index (κ1) is 20.7. The summed E-state index contributed by atoms with van der Waals surface area (Å²) >= 11 is 0. The van der Waals surface area contributed by atoms with Crippen LogP contribution in [0.15, 0.2) is 18.2 Å². The summed E-state index contributed by atoms with van der Waals surface area (Å²) in [5.41, 5.74) is 0.855. The maximum atomic E-state index is 13.6. The summed E-state index contributed by atoms with van der Waals surface area (Å²) in [4.78, 5) is 12.0. The number of benzene rings is 1. The third-order valence-corrected chi connectivity index (χ3v) is 4.60. The molecule has 0 aromatic heterocycles. The summed E-state index contributed by atoms with van der Waals surface area (Å²) in [7, 11) is 1.45. The molecule has 1 aliphatic rings. The SMILES string of the molecule is COc1ccc(CCNC(=O)CC(C)C2CCCNC2)cc1F.Cl. The van der Waals surface area contributed by atoms with Crippen molar-refractivity contribution < 1.29 is 13.9 Å². The van der Waals surface area contributed by atoms with Crippen molar-refractivity contribution in [3.8, 4) is 5.75 Å². The van der Waals surface area contributed by atoms with Gasteiger partial charge in [-0.1, -0.05) is 13.0 Å². The van der Waals surface area contributed by atoms with E-state index in [0.29, 0.717) is 31.2 Å². The highest BCUT2D eigenvalue weighted by Gasteiger charge is 2.21. The third kappa shape index (κ3) is 6.29. The van der Waals surface area contributed by atoms with Gasteiger partial charge < -0.3 is 15.4 Å². The topological polar surface area (TPSA) is 50.4 Å². The van der Waals surface area contributed by atoms with Crippen LogP contribution in [0.4, 0.5) is 4.39 Å². The van der Waals surface area contributed by atoms with Crippen molar-refractivity contribution in [1.82, 2.24) is 10.6 Å². The summed E-state index contributed by atoms with van der Waals surface area (Å²) in [6.45, 7) is 4.78. The third-order valence-electron chi connectivity index (χ3n) is 4.60. The quantitative estimate of drug-likeness (QED) is 0.788. The van der Waals surface area contributed by atoms with Gasteiger partial charge in [0.25, 0.3) is 0 Å². The monoisotopic (exact) mass is 358 g/mol. The fraction of sp³-hybridized carbons (Fsp3) is 0.611. The molecule has 2 unspecified atom stereocenters. The molecule has 1 aromatic rings. The summed E-state index contributed by atoms with van der Waals surface area (Å²) in [5.74, 6) is 0.936. The maximum absolute atomic E-state index is 13.6. The Hall–Kier alpha value is -1.33. The van der Waals surface area contributed by atoms with Gasteiger partial charge in [-0.2, -0.15) is 0 Å². The van der Waals surface area contributed by atoms with Crippen LogP contribution in [0.25, 0.3) is 0 Å². The Morgan fingerprint density at radius 2 is 2.29 bits per heavy atom. The van der Waals surface area contributed by atoms with Crippen LogP contribution in [0.5, 0.6) is 5.75 Å². The Kier molecular flexibility index (Phi) is 9.08. The molecule has 136 valence electrons. The van der Waals surface area contributed by atoms with Crippen LogP contribution in [0.3, 0.4) is 0 Å². The minimum absolute atomic E-state index is 0. The van der Waals surface area contributed by atoms with Gasteiger partial charge in [-0.3, -0.25) is 4.79 Å². The zero-order valence-corrected chi connectivity index (χ0v) is 15.3. The first-order chi connectivity index (χ1) is 11.1. The summed E-state index contributed by atoms with van der Waals surface area (Å²) in [6, 6.07) is 4.90. The second-order valence-electron chi connectivity index (χ2n) is 6.36. The van der Waals surface area contributed by atoms with Crippen molar-refractivity contribution >= 4 is 18.3 Å². The highest BCUT2D eigenvalue weighted by atomic mass is 35.5. The number of hydrogen-bond donors (Lipinski definition) is 2. The average molecular weight is 359 g/mol. The number of carbonyl (C=O) groups excluding carboxylic acids is 1. The van der Waals surface area contributed by atoms with Crippen LogP contribution in [0, 0.1) is 17.7 Å². The molecule has 0 bridgehead atoms. The molecule has 1 aromatic carbocycles. The largest absolute Gasteiger partial charge is 0.494 e. The minimum atomic E-state index is -0.366. The number of hydrogen-bond acceptors (Lipinski definition) is 3. The Morgan fingerprint density at radius 3 is 2.92 bits per heavy atom. The smallest absolute Gasteiger partial charge is 0.220 e. The van der Waals surface area contributed by atoms with E-state index < -0.39 is 0 Å². The van der Waals surface area contributed by atoms with Crippen molar-refractivity contribution in [2.24, 2.45) is 11.8 Å². The van der Waals surface area contributed by atoms with Gasteiger partial charge in [-0.05, 0) is 61.9 Å². The Labute approximate surface area is 149 Å². The van der Waals surface area contributed by atoms with Gasteiger partial charge in [0.1, 0.15) is 0 Å². The Balaban J connectivity index is 0.00000288. The lowest BCUT2D eigenvalue weighted by molar-refractivity contribution is -0.122. The van der Waals surface area contributed by atoms with E-state index in [1.54, 1.807) is 6.07 Å². The Bertz CT molecular complexity index is 522. The normalized spacial score (nSPS) is 18.4. The molecule has 4 nitrogen and oxygen atoms in total. The molecule has 1 amide bonds. The van der Waals surface area contributed by atoms with E-state index in [4.69, 9.17) is 4.74 Å². The molecule has 1 aliphatic heterocycles. The predicted molar refractivity (Wildman–Crippen MR) is 96.3 cm³/mol. The molecule has 2 rings (SSSR count). The number of amides is 1. The fourth-order valence-electron chi connectivity index (χ4n) is 3.11. The molecular formula is C18H28ClFN2O2. The van der Waals surface area contributed by atoms with Crippen LogP contribution in [-0.2, 0) is 11.2 Å². The van der Waals surface area contributed by atoms with Crippen molar-refractivity contribution in [2.45, 2.75) is 32.6 Å². The number of piperidine rings is 1. The van der Waals surface area contributed by atoms with Crippen LogP contribution in [-0.4, -0.2) is 32.7 Å². The molecule has 24 heavy (non-hydrogen) atoms. The molecule has 0 saturated carbocycles. The number of methoxy groups -OCH3 is 1. The standard InChI is InChI=1S/C18H27FN2O2.ClH/c1-13(15-4-3-8-20-12-15)10-18(22)21-9-7-14-5-6-17(23-2)16(19)11-14;/h5-6,11,13,15,20H,3-4,7-10,12H2,1-2H3,(H,21,22);1H. The Morgan fingerprint density at radius 1 is 1.50 bits per heavy atom. The molecule has 6 heteroatoms. The zero-order chi connectivity index (χ0) is 16.7. The minimum Gasteiger partial charge on any atom is -0.494 e. The molecule has 1 saturated heterocycles. The van der Waals surface area contributed by atoms with Gasteiger partial charge in [0.05, 0.1) is 7.11 Å². The summed E-state index contributed by atoms with van der Waals surface area (Å²) < 4.78 is 18.5. The molecule has 0 spiro atoms. The van der Waals surface area contributed by atoms with Crippen LogP contribution < -0.4 is 15.4 Å². The highest BCUT2D eigenvalue weighted by Crippen LogP contribution is 2.22.